The molecule has 0 spiro atoms. The number of anilines is 2. The maximum atomic E-state index is 12.1. The van der Waals surface area contributed by atoms with Crippen LogP contribution in [0.1, 0.15) is 15.9 Å². The Kier molecular flexibility index (Phi) is 3.62. The fourth-order valence-corrected chi connectivity index (χ4v) is 1.90. The van der Waals surface area contributed by atoms with Crippen molar-refractivity contribution in [3.63, 3.8) is 0 Å². The number of amides is 1. The molecule has 0 heterocycles. The zero-order valence-electron chi connectivity index (χ0n) is 10.3. The van der Waals surface area contributed by atoms with E-state index in [0.717, 1.165) is 5.56 Å². The molecule has 1 amide bonds. The van der Waals surface area contributed by atoms with Gasteiger partial charge in [-0.3, -0.25) is 4.79 Å². The number of carbonyl (C=O) groups is 1. The molecule has 0 fully saturated rings. The SMILES string of the molecule is Cc1cc(O)ccc1NC(=O)c1cc(N)ccc1Cl. The van der Waals surface area contributed by atoms with Crippen LogP contribution in [0.4, 0.5) is 11.4 Å². The molecular weight excluding hydrogens is 264 g/mol. The minimum Gasteiger partial charge on any atom is -0.508 e. The molecule has 0 bridgehead atoms. The molecule has 2 aromatic rings. The van der Waals surface area contributed by atoms with Gasteiger partial charge in [-0.05, 0) is 48.9 Å². The van der Waals surface area contributed by atoms with Gasteiger partial charge in [0.05, 0.1) is 10.6 Å². The maximum Gasteiger partial charge on any atom is 0.257 e. The number of aromatic hydroxyl groups is 1. The van der Waals surface area contributed by atoms with E-state index in [-0.39, 0.29) is 11.7 Å². The number of rotatable bonds is 2. The van der Waals surface area contributed by atoms with Gasteiger partial charge in [-0.1, -0.05) is 11.6 Å². The Hall–Kier alpha value is -2.20. The van der Waals surface area contributed by atoms with Crippen molar-refractivity contribution >= 4 is 28.9 Å². The Balaban J connectivity index is 2.28. The first kappa shape index (κ1) is 13.2. The predicted molar refractivity (Wildman–Crippen MR) is 76.7 cm³/mol. The second kappa shape index (κ2) is 5.20. The van der Waals surface area contributed by atoms with Crippen LogP contribution in [0.2, 0.25) is 5.02 Å². The Morgan fingerprint density at radius 3 is 2.68 bits per heavy atom. The van der Waals surface area contributed by atoms with Crippen LogP contribution >= 0.6 is 11.6 Å². The van der Waals surface area contributed by atoms with E-state index in [1.54, 1.807) is 31.2 Å². The van der Waals surface area contributed by atoms with Crippen LogP contribution in [0.25, 0.3) is 0 Å². The first-order valence-electron chi connectivity index (χ1n) is 5.63. The number of nitrogen functional groups attached to an aromatic ring is 1. The third-order valence-electron chi connectivity index (χ3n) is 2.69. The third-order valence-corrected chi connectivity index (χ3v) is 3.02. The molecule has 0 aliphatic carbocycles. The van der Waals surface area contributed by atoms with Gasteiger partial charge in [0, 0.05) is 11.4 Å². The van der Waals surface area contributed by atoms with Crippen LogP contribution in [-0.4, -0.2) is 11.0 Å². The highest BCUT2D eigenvalue weighted by Gasteiger charge is 2.12. The summed E-state index contributed by atoms with van der Waals surface area (Å²) in [7, 11) is 0. The first-order chi connectivity index (χ1) is 8.97. The summed E-state index contributed by atoms with van der Waals surface area (Å²) in [4.78, 5) is 12.1. The van der Waals surface area contributed by atoms with Gasteiger partial charge in [0.1, 0.15) is 5.75 Å². The van der Waals surface area contributed by atoms with Crippen molar-refractivity contribution < 1.29 is 9.90 Å². The molecule has 4 nitrogen and oxygen atoms in total. The van der Waals surface area contributed by atoms with E-state index in [9.17, 15) is 9.90 Å². The molecule has 2 rings (SSSR count). The van der Waals surface area contributed by atoms with Gasteiger partial charge in [-0.2, -0.15) is 0 Å². The van der Waals surface area contributed by atoms with Crippen LogP contribution in [0.5, 0.6) is 5.75 Å². The maximum absolute atomic E-state index is 12.1. The van der Waals surface area contributed by atoms with Gasteiger partial charge in [0.25, 0.3) is 5.91 Å². The lowest BCUT2D eigenvalue weighted by Crippen LogP contribution is -2.13. The molecule has 19 heavy (non-hydrogen) atoms. The minimum atomic E-state index is -0.342. The lowest BCUT2D eigenvalue weighted by atomic mass is 10.1. The van der Waals surface area contributed by atoms with E-state index in [1.807, 2.05) is 0 Å². The summed E-state index contributed by atoms with van der Waals surface area (Å²) in [6, 6.07) is 9.43. The van der Waals surface area contributed by atoms with E-state index in [0.29, 0.717) is 22.0 Å². The summed E-state index contributed by atoms with van der Waals surface area (Å²) < 4.78 is 0. The Labute approximate surface area is 115 Å². The van der Waals surface area contributed by atoms with Crippen LogP contribution in [0.3, 0.4) is 0 Å². The molecule has 0 saturated heterocycles. The van der Waals surface area contributed by atoms with Crippen LogP contribution in [0.15, 0.2) is 36.4 Å². The zero-order valence-corrected chi connectivity index (χ0v) is 11.0. The van der Waals surface area contributed by atoms with Crippen LogP contribution in [0, 0.1) is 6.92 Å². The van der Waals surface area contributed by atoms with Crippen molar-refractivity contribution in [3.05, 3.63) is 52.5 Å². The Morgan fingerprint density at radius 1 is 1.26 bits per heavy atom. The fourth-order valence-electron chi connectivity index (χ4n) is 1.69. The van der Waals surface area contributed by atoms with Crippen molar-refractivity contribution in [2.45, 2.75) is 6.92 Å². The summed E-state index contributed by atoms with van der Waals surface area (Å²) in [6.07, 6.45) is 0. The molecule has 0 saturated carbocycles. The van der Waals surface area contributed by atoms with Gasteiger partial charge < -0.3 is 16.2 Å². The quantitative estimate of drug-likeness (QED) is 0.582. The van der Waals surface area contributed by atoms with Gasteiger partial charge >= 0.3 is 0 Å². The average molecular weight is 277 g/mol. The highest BCUT2D eigenvalue weighted by molar-refractivity contribution is 6.34. The van der Waals surface area contributed by atoms with Gasteiger partial charge in [0.2, 0.25) is 0 Å². The number of aryl methyl sites for hydroxylation is 1. The molecule has 0 unspecified atom stereocenters. The second-order valence-electron chi connectivity index (χ2n) is 4.19. The summed E-state index contributed by atoms with van der Waals surface area (Å²) in [5.41, 5.74) is 7.79. The van der Waals surface area contributed by atoms with Crippen LogP contribution < -0.4 is 11.1 Å². The predicted octanol–water partition coefficient (Wildman–Crippen LogP) is 3.19. The number of nitrogens with one attached hydrogen (secondary N) is 1. The molecule has 0 aliphatic rings. The van der Waals surface area contributed by atoms with Gasteiger partial charge in [0.15, 0.2) is 0 Å². The lowest BCUT2D eigenvalue weighted by molar-refractivity contribution is 0.102. The molecule has 5 heteroatoms. The standard InChI is InChI=1S/C14H13ClN2O2/c1-8-6-10(18)3-5-13(8)17-14(19)11-7-9(16)2-4-12(11)15/h2-7,18H,16H2,1H3,(H,17,19). The fraction of sp³-hybridized carbons (Fsp3) is 0.0714. The average Bonchev–Trinajstić information content (AvgIpc) is 2.35. The summed E-state index contributed by atoms with van der Waals surface area (Å²) >= 11 is 5.97. The van der Waals surface area contributed by atoms with Gasteiger partial charge in [-0.25, -0.2) is 0 Å². The molecule has 0 aliphatic heterocycles. The number of carbonyl (C=O) groups excluding carboxylic acids is 1. The number of phenols is 1. The third kappa shape index (κ3) is 2.98. The Morgan fingerprint density at radius 2 is 2.00 bits per heavy atom. The van der Waals surface area contributed by atoms with Crippen molar-refractivity contribution in [1.82, 2.24) is 0 Å². The number of hydrogen-bond acceptors (Lipinski definition) is 3. The highest BCUT2D eigenvalue weighted by Crippen LogP contribution is 2.23. The topological polar surface area (TPSA) is 75.3 Å². The molecule has 0 atom stereocenters. The molecule has 2 aromatic carbocycles. The molecule has 98 valence electrons. The number of hydrogen-bond donors (Lipinski definition) is 3. The number of benzene rings is 2. The monoisotopic (exact) mass is 276 g/mol. The first-order valence-corrected chi connectivity index (χ1v) is 6.01. The lowest BCUT2D eigenvalue weighted by Gasteiger charge is -2.10. The minimum absolute atomic E-state index is 0.150. The second-order valence-corrected chi connectivity index (χ2v) is 4.60. The van der Waals surface area contributed by atoms with E-state index in [1.165, 1.54) is 12.1 Å². The van der Waals surface area contributed by atoms with Crippen molar-refractivity contribution in [2.75, 3.05) is 11.1 Å². The number of halogens is 1. The zero-order chi connectivity index (χ0) is 14.0. The van der Waals surface area contributed by atoms with Gasteiger partial charge in [-0.15, -0.1) is 0 Å². The molecule has 4 N–H and O–H groups in total. The van der Waals surface area contributed by atoms with Crippen molar-refractivity contribution in [1.29, 1.82) is 0 Å². The van der Waals surface area contributed by atoms with Crippen molar-refractivity contribution in [3.8, 4) is 5.75 Å². The molecular formula is C14H13ClN2O2. The molecule has 0 aromatic heterocycles. The summed E-state index contributed by atoms with van der Waals surface area (Å²) in [6.45, 7) is 1.79. The van der Waals surface area contributed by atoms with E-state index >= 15 is 0 Å². The van der Waals surface area contributed by atoms with Crippen molar-refractivity contribution in [2.24, 2.45) is 0 Å². The van der Waals surface area contributed by atoms with E-state index < -0.39 is 0 Å². The normalized spacial score (nSPS) is 10.2. The largest absolute Gasteiger partial charge is 0.508 e. The number of phenolic OH excluding ortho intramolecular Hbond substituents is 1. The Bertz CT molecular complexity index is 641. The number of nitrogens with two attached hydrogens (primary N) is 1. The summed E-state index contributed by atoms with van der Waals surface area (Å²) in [5, 5.41) is 12.4. The smallest absolute Gasteiger partial charge is 0.257 e. The molecule has 0 radical (unpaired) electrons. The van der Waals surface area contributed by atoms with E-state index in [4.69, 9.17) is 17.3 Å². The summed E-state index contributed by atoms with van der Waals surface area (Å²) in [5.74, 6) is -0.191. The highest BCUT2D eigenvalue weighted by atomic mass is 35.5. The van der Waals surface area contributed by atoms with Crippen LogP contribution in [-0.2, 0) is 0 Å². The van der Waals surface area contributed by atoms with E-state index in [2.05, 4.69) is 5.32 Å².